The van der Waals surface area contributed by atoms with E-state index in [0.717, 1.165) is 0 Å². The molecule has 4 nitrogen and oxygen atoms in total. The van der Waals surface area contributed by atoms with Crippen LogP contribution in [0.5, 0.6) is 5.88 Å². The summed E-state index contributed by atoms with van der Waals surface area (Å²) in [4.78, 5) is 13.0. The molecule has 0 fully saturated rings. The van der Waals surface area contributed by atoms with Gasteiger partial charge in [0.05, 0.1) is 6.20 Å². The van der Waals surface area contributed by atoms with Gasteiger partial charge in [-0.2, -0.15) is 0 Å². The van der Waals surface area contributed by atoms with Crippen LogP contribution in [0.3, 0.4) is 0 Å². The van der Waals surface area contributed by atoms with Crippen LogP contribution in [0.25, 0.3) is 0 Å². The zero-order chi connectivity index (χ0) is 8.27. The fourth-order valence-electron chi connectivity index (χ4n) is 0.709. The summed E-state index contributed by atoms with van der Waals surface area (Å²) >= 11 is 5.24. The first-order valence-electron chi connectivity index (χ1n) is 2.97. The number of allylic oxidation sites excluding steroid dienone is 1. The van der Waals surface area contributed by atoms with Crippen molar-refractivity contribution in [2.75, 3.05) is 0 Å². The zero-order valence-electron chi connectivity index (χ0n) is 5.62. The van der Waals surface area contributed by atoms with Crippen molar-refractivity contribution in [2.45, 2.75) is 6.54 Å². The van der Waals surface area contributed by atoms with E-state index in [1.54, 1.807) is 6.08 Å². The van der Waals surface area contributed by atoms with Crippen molar-refractivity contribution in [1.82, 2.24) is 9.55 Å². The summed E-state index contributed by atoms with van der Waals surface area (Å²) in [6.45, 7) is 0.361. The molecular formula is C6H7ClN2O2. The quantitative estimate of drug-likeness (QED) is 0.691. The third-order valence-corrected chi connectivity index (χ3v) is 1.34. The van der Waals surface area contributed by atoms with Crippen LogP contribution in [0.4, 0.5) is 0 Å². The molecule has 0 aromatic carbocycles. The molecule has 0 aliphatic carbocycles. The van der Waals surface area contributed by atoms with Gasteiger partial charge in [-0.15, -0.1) is 0 Å². The van der Waals surface area contributed by atoms with Crippen molar-refractivity contribution < 1.29 is 5.11 Å². The Balaban J connectivity index is 2.86. The van der Waals surface area contributed by atoms with Crippen molar-refractivity contribution >= 4 is 11.6 Å². The molecule has 0 atom stereocenters. The van der Waals surface area contributed by atoms with Crippen molar-refractivity contribution in [2.24, 2.45) is 0 Å². The van der Waals surface area contributed by atoms with E-state index in [-0.39, 0.29) is 11.6 Å². The summed E-state index contributed by atoms with van der Waals surface area (Å²) in [6.07, 6.45) is 2.90. The lowest BCUT2D eigenvalue weighted by atomic mass is 10.6. The number of rotatable bonds is 2. The van der Waals surface area contributed by atoms with Crippen LogP contribution in [0, 0.1) is 0 Å². The molecule has 0 unspecified atom stereocenters. The van der Waals surface area contributed by atoms with Crippen LogP contribution in [0.15, 0.2) is 22.6 Å². The fraction of sp³-hybridized carbons (Fsp3) is 0.167. The van der Waals surface area contributed by atoms with Crippen LogP contribution in [0.2, 0.25) is 0 Å². The highest BCUT2D eigenvalue weighted by Gasteiger charge is 1.97. The number of halogens is 1. The van der Waals surface area contributed by atoms with Crippen LogP contribution in [-0.2, 0) is 6.54 Å². The van der Waals surface area contributed by atoms with Crippen molar-refractivity contribution in [1.29, 1.82) is 0 Å². The first kappa shape index (κ1) is 7.94. The third kappa shape index (κ3) is 1.88. The number of H-pyrrole nitrogens is 1. The monoisotopic (exact) mass is 174 g/mol. The number of aromatic nitrogens is 2. The average molecular weight is 175 g/mol. The molecule has 1 heterocycles. The lowest BCUT2D eigenvalue weighted by molar-refractivity contribution is 0.455. The molecule has 0 radical (unpaired) electrons. The molecule has 0 spiro atoms. The second kappa shape index (κ2) is 3.30. The highest BCUT2D eigenvalue weighted by molar-refractivity contribution is 6.25. The molecule has 0 aliphatic heterocycles. The van der Waals surface area contributed by atoms with Crippen LogP contribution >= 0.6 is 11.6 Å². The number of nitrogens with zero attached hydrogens (tertiary/aromatic N) is 1. The van der Waals surface area contributed by atoms with E-state index in [1.807, 2.05) is 0 Å². The summed E-state index contributed by atoms with van der Waals surface area (Å²) in [6, 6.07) is 0. The average Bonchev–Trinajstić information content (AvgIpc) is 2.26. The summed E-state index contributed by atoms with van der Waals surface area (Å²) < 4.78 is 1.30. The summed E-state index contributed by atoms with van der Waals surface area (Å²) in [7, 11) is 0. The third-order valence-electron chi connectivity index (χ3n) is 1.17. The van der Waals surface area contributed by atoms with E-state index in [1.165, 1.54) is 16.3 Å². The first-order chi connectivity index (χ1) is 5.24. The summed E-state index contributed by atoms with van der Waals surface area (Å²) in [5.74, 6) is -0.141. The fourth-order valence-corrected chi connectivity index (χ4v) is 0.789. The van der Waals surface area contributed by atoms with E-state index in [2.05, 4.69) is 4.98 Å². The maximum atomic E-state index is 10.8. The molecule has 60 valence electrons. The molecule has 0 saturated carbocycles. The van der Waals surface area contributed by atoms with Gasteiger partial charge in [0.2, 0.25) is 5.88 Å². The van der Waals surface area contributed by atoms with Gasteiger partial charge in [0, 0.05) is 12.1 Å². The Morgan fingerprint density at radius 2 is 2.55 bits per heavy atom. The molecule has 0 bridgehead atoms. The molecule has 1 aromatic rings. The van der Waals surface area contributed by atoms with Gasteiger partial charge in [0.15, 0.2) is 0 Å². The first-order valence-corrected chi connectivity index (χ1v) is 3.41. The Morgan fingerprint density at radius 1 is 1.82 bits per heavy atom. The number of aromatic amines is 1. The number of hydrogen-bond donors (Lipinski definition) is 2. The van der Waals surface area contributed by atoms with Crippen LogP contribution in [-0.4, -0.2) is 14.7 Å². The van der Waals surface area contributed by atoms with E-state index >= 15 is 0 Å². The predicted octanol–water partition coefficient (Wildman–Crippen LogP) is 0.635. The maximum absolute atomic E-state index is 10.8. The highest BCUT2D eigenvalue weighted by Crippen LogP contribution is 1.97. The van der Waals surface area contributed by atoms with Gasteiger partial charge in [-0.3, -0.25) is 9.55 Å². The maximum Gasteiger partial charge on any atom is 0.328 e. The smallest absolute Gasteiger partial charge is 0.328 e. The van der Waals surface area contributed by atoms with Crippen molar-refractivity contribution in [3.63, 3.8) is 0 Å². The van der Waals surface area contributed by atoms with E-state index < -0.39 is 0 Å². The van der Waals surface area contributed by atoms with E-state index in [4.69, 9.17) is 16.7 Å². The number of hydrogen-bond acceptors (Lipinski definition) is 2. The predicted molar refractivity (Wildman–Crippen MR) is 41.7 cm³/mol. The highest BCUT2D eigenvalue weighted by atomic mass is 35.5. The minimum absolute atomic E-state index is 0.141. The second-order valence-corrected chi connectivity index (χ2v) is 2.21. The molecule has 0 aliphatic rings. The Bertz CT molecular complexity index is 313. The molecule has 11 heavy (non-hydrogen) atoms. The van der Waals surface area contributed by atoms with E-state index in [9.17, 15) is 4.79 Å². The molecule has 5 heteroatoms. The van der Waals surface area contributed by atoms with Gasteiger partial charge >= 0.3 is 5.69 Å². The number of nitrogens with one attached hydrogen (secondary N) is 1. The topological polar surface area (TPSA) is 58.0 Å². The Labute approximate surface area is 67.7 Å². The largest absolute Gasteiger partial charge is 0.493 e. The SMILES string of the molecule is O=c1[nH]c(O)cn1CC=CCl. The number of imidazole rings is 1. The summed E-state index contributed by atoms with van der Waals surface area (Å²) in [5, 5.41) is 8.80. The van der Waals surface area contributed by atoms with Gasteiger partial charge in [0.25, 0.3) is 0 Å². The van der Waals surface area contributed by atoms with Gasteiger partial charge in [-0.1, -0.05) is 17.7 Å². The minimum Gasteiger partial charge on any atom is -0.493 e. The molecule has 0 saturated heterocycles. The van der Waals surface area contributed by atoms with Gasteiger partial charge in [0.1, 0.15) is 0 Å². The van der Waals surface area contributed by atoms with Gasteiger partial charge in [-0.05, 0) is 0 Å². The number of aromatic hydroxyl groups is 1. The van der Waals surface area contributed by atoms with Crippen molar-refractivity contribution in [3.05, 3.63) is 28.3 Å². The standard InChI is InChI=1S/C6H7ClN2O2/c7-2-1-3-9-4-5(10)8-6(9)11/h1-2,4,10H,3H2,(H,8,11). The van der Waals surface area contributed by atoms with E-state index in [0.29, 0.717) is 6.54 Å². The molecule has 1 aromatic heterocycles. The molecule has 1 rings (SSSR count). The van der Waals surface area contributed by atoms with Crippen molar-refractivity contribution in [3.8, 4) is 5.88 Å². The normalized spacial score (nSPS) is 11.0. The van der Waals surface area contributed by atoms with Crippen LogP contribution < -0.4 is 5.69 Å². The summed E-state index contributed by atoms with van der Waals surface area (Å²) in [5.41, 5.74) is 0.966. The lowest BCUT2D eigenvalue weighted by Crippen LogP contribution is -2.14. The lowest BCUT2D eigenvalue weighted by Gasteiger charge is -1.89. The Morgan fingerprint density at radius 3 is 3.00 bits per heavy atom. The molecular weight excluding hydrogens is 168 g/mol. The van der Waals surface area contributed by atoms with Crippen LogP contribution in [0.1, 0.15) is 0 Å². The van der Waals surface area contributed by atoms with Gasteiger partial charge < -0.3 is 5.11 Å². The zero-order valence-corrected chi connectivity index (χ0v) is 6.38. The molecule has 0 amide bonds. The Hall–Kier alpha value is -1.16. The minimum atomic E-state index is -0.350. The Kier molecular flexibility index (Phi) is 2.38. The second-order valence-electron chi connectivity index (χ2n) is 1.96. The molecule has 2 N–H and O–H groups in total. The van der Waals surface area contributed by atoms with Gasteiger partial charge in [-0.25, -0.2) is 4.79 Å².